The number of carbonyl (C=O) groups is 2. The van der Waals surface area contributed by atoms with Crippen LogP contribution in [0.4, 0.5) is 10.5 Å². The van der Waals surface area contributed by atoms with Crippen LogP contribution < -0.4 is 10.6 Å². The third kappa shape index (κ3) is 4.89. The van der Waals surface area contributed by atoms with E-state index in [9.17, 15) is 9.59 Å². The molecule has 2 fully saturated rings. The Balaban J connectivity index is 1.41. The van der Waals surface area contributed by atoms with E-state index in [1.54, 1.807) is 0 Å². The minimum absolute atomic E-state index is 0.0364. The molecule has 1 aliphatic carbocycles. The Kier molecular flexibility index (Phi) is 6.47. The number of hydrogen-bond donors (Lipinski definition) is 2. The van der Waals surface area contributed by atoms with Crippen LogP contribution in [0.2, 0.25) is 0 Å². The first-order valence-corrected chi connectivity index (χ1v) is 13.0. The number of rotatable bonds is 3. The fraction of sp³-hybridized carbons (Fsp3) is 0.517. The molecular weight excluding hydrogens is 438 g/mol. The van der Waals surface area contributed by atoms with Crippen LogP contribution in [0, 0.1) is 11.8 Å². The van der Waals surface area contributed by atoms with Crippen LogP contribution in [0.3, 0.4) is 0 Å². The molecule has 3 aliphatic rings. The van der Waals surface area contributed by atoms with Crippen LogP contribution in [0.5, 0.6) is 0 Å². The fourth-order valence-electron chi connectivity index (χ4n) is 6.23. The van der Waals surface area contributed by atoms with Crippen molar-refractivity contribution in [3.05, 3.63) is 65.7 Å². The number of nitrogens with zero attached hydrogens (tertiary/aromatic N) is 1. The van der Waals surface area contributed by atoms with Gasteiger partial charge in [-0.1, -0.05) is 61.4 Å². The van der Waals surface area contributed by atoms with E-state index in [-0.39, 0.29) is 30.0 Å². The highest BCUT2D eigenvalue weighted by Gasteiger charge is 2.48. The first-order chi connectivity index (χ1) is 16.8. The zero-order valence-electron chi connectivity index (χ0n) is 21.0. The summed E-state index contributed by atoms with van der Waals surface area (Å²) in [5.74, 6) is 0.256. The molecule has 1 saturated carbocycles. The van der Waals surface area contributed by atoms with Crippen molar-refractivity contribution in [1.29, 1.82) is 0 Å². The van der Waals surface area contributed by atoms with E-state index in [0.717, 1.165) is 44.3 Å². The third-order valence-corrected chi connectivity index (χ3v) is 7.69. The maximum absolute atomic E-state index is 14.1. The summed E-state index contributed by atoms with van der Waals surface area (Å²) in [6, 6.07) is 19.0. The standard InChI is InChI=1S/C29H37N3O3/c1-29(2,3)35-28(34)31-24-16-10-8-14-21(24)27(33)32-18-17-22-25(19-11-5-4-6-12-19)30-23-15-9-7-13-20(23)26(22)32/h4-7,9,11-13,15,21-22,24-26,30H,8,10,14,16-18H2,1-3H3,(H,31,34)/t21-,22-,24+,25+,26+/m0/s1. The fourth-order valence-corrected chi connectivity index (χ4v) is 6.23. The lowest BCUT2D eigenvalue weighted by Gasteiger charge is -2.42. The van der Waals surface area contributed by atoms with Crippen molar-refractivity contribution in [2.75, 3.05) is 11.9 Å². The summed E-state index contributed by atoms with van der Waals surface area (Å²) < 4.78 is 5.51. The molecule has 186 valence electrons. The summed E-state index contributed by atoms with van der Waals surface area (Å²) in [7, 11) is 0. The summed E-state index contributed by atoms with van der Waals surface area (Å²) in [6.07, 6.45) is 4.15. The number of nitrogens with one attached hydrogen (secondary N) is 2. The van der Waals surface area contributed by atoms with E-state index in [2.05, 4.69) is 64.1 Å². The Morgan fingerprint density at radius 3 is 2.46 bits per heavy atom. The van der Waals surface area contributed by atoms with Crippen LogP contribution in [0.1, 0.15) is 76.1 Å². The molecule has 1 saturated heterocycles. The van der Waals surface area contributed by atoms with Crippen molar-refractivity contribution in [3.63, 3.8) is 0 Å². The van der Waals surface area contributed by atoms with E-state index in [4.69, 9.17) is 4.74 Å². The number of fused-ring (bicyclic) bond motifs is 3. The highest BCUT2D eigenvalue weighted by atomic mass is 16.6. The Morgan fingerprint density at radius 2 is 1.69 bits per heavy atom. The molecule has 2 heterocycles. The van der Waals surface area contributed by atoms with Crippen molar-refractivity contribution in [1.82, 2.24) is 10.2 Å². The Labute approximate surface area is 208 Å². The SMILES string of the molecule is CC(C)(C)OC(=O)N[C@@H]1CCCC[C@@H]1C(=O)N1CC[C@H]2[C@@H](c3ccccc3)Nc3ccccc3[C@H]21. The predicted molar refractivity (Wildman–Crippen MR) is 137 cm³/mol. The maximum atomic E-state index is 14.1. The smallest absolute Gasteiger partial charge is 0.407 e. The minimum Gasteiger partial charge on any atom is -0.444 e. The van der Waals surface area contributed by atoms with Gasteiger partial charge in [-0.25, -0.2) is 4.79 Å². The second kappa shape index (κ2) is 9.56. The van der Waals surface area contributed by atoms with E-state index in [1.165, 1.54) is 11.1 Å². The zero-order chi connectivity index (χ0) is 24.6. The van der Waals surface area contributed by atoms with Gasteiger partial charge < -0.3 is 20.3 Å². The minimum atomic E-state index is -0.564. The molecule has 0 spiro atoms. The number of hydrogen-bond acceptors (Lipinski definition) is 4. The monoisotopic (exact) mass is 475 g/mol. The maximum Gasteiger partial charge on any atom is 0.407 e. The Hall–Kier alpha value is -3.02. The van der Waals surface area contributed by atoms with Crippen molar-refractivity contribution >= 4 is 17.7 Å². The molecule has 5 atom stereocenters. The molecule has 2 amide bonds. The van der Waals surface area contributed by atoms with Gasteiger partial charge in [0.25, 0.3) is 0 Å². The van der Waals surface area contributed by atoms with Gasteiger partial charge in [-0.15, -0.1) is 0 Å². The summed E-state index contributed by atoms with van der Waals surface area (Å²) >= 11 is 0. The van der Waals surface area contributed by atoms with Gasteiger partial charge in [-0.3, -0.25) is 4.79 Å². The average molecular weight is 476 g/mol. The van der Waals surface area contributed by atoms with E-state index in [1.807, 2.05) is 26.8 Å². The lowest BCUT2D eigenvalue weighted by Crippen LogP contribution is -2.51. The third-order valence-electron chi connectivity index (χ3n) is 7.69. The van der Waals surface area contributed by atoms with Gasteiger partial charge in [0, 0.05) is 24.2 Å². The topological polar surface area (TPSA) is 70.7 Å². The molecule has 2 N–H and O–H groups in total. The number of anilines is 1. The number of benzene rings is 2. The number of ether oxygens (including phenoxy) is 1. The molecule has 5 rings (SSSR count). The molecule has 0 radical (unpaired) electrons. The summed E-state index contributed by atoms with van der Waals surface area (Å²) in [4.78, 5) is 28.8. The van der Waals surface area contributed by atoms with Crippen LogP contribution in [0.25, 0.3) is 0 Å². The normalized spacial score (nSPS) is 27.9. The first-order valence-electron chi connectivity index (χ1n) is 13.0. The average Bonchev–Trinajstić information content (AvgIpc) is 3.28. The summed E-state index contributed by atoms with van der Waals surface area (Å²) in [5.41, 5.74) is 3.00. The van der Waals surface area contributed by atoms with Crippen LogP contribution in [-0.4, -0.2) is 35.1 Å². The first kappa shape index (κ1) is 23.7. The van der Waals surface area contributed by atoms with Crippen LogP contribution in [0.15, 0.2) is 54.6 Å². The molecule has 2 aromatic carbocycles. The molecule has 35 heavy (non-hydrogen) atoms. The highest BCUT2D eigenvalue weighted by Crippen LogP contribution is 2.51. The molecule has 6 heteroatoms. The van der Waals surface area contributed by atoms with E-state index < -0.39 is 11.7 Å². The van der Waals surface area contributed by atoms with Crippen LogP contribution in [-0.2, 0) is 9.53 Å². The number of alkyl carbamates (subject to hydrolysis) is 1. The molecule has 0 unspecified atom stereocenters. The number of likely N-dealkylation sites (tertiary alicyclic amines) is 1. The lowest BCUT2D eigenvalue weighted by atomic mass is 9.79. The molecule has 2 aromatic rings. The van der Waals surface area contributed by atoms with Gasteiger partial charge in [0.05, 0.1) is 18.0 Å². The number of para-hydroxylation sites is 1. The Morgan fingerprint density at radius 1 is 0.971 bits per heavy atom. The number of amides is 2. The van der Waals surface area contributed by atoms with Crippen molar-refractivity contribution < 1.29 is 14.3 Å². The van der Waals surface area contributed by atoms with Crippen molar-refractivity contribution in [3.8, 4) is 0 Å². The number of carbonyl (C=O) groups excluding carboxylic acids is 2. The van der Waals surface area contributed by atoms with Gasteiger partial charge in [-0.2, -0.15) is 0 Å². The molecular formula is C29H37N3O3. The van der Waals surface area contributed by atoms with Gasteiger partial charge in [-0.05, 0) is 57.2 Å². The van der Waals surface area contributed by atoms with Crippen LogP contribution >= 0.6 is 0 Å². The van der Waals surface area contributed by atoms with Crippen molar-refractivity contribution in [2.45, 2.75) is 76.6 Å². The molecule has 0 aromatic heterocycles. The van der Waals surface area contributed by atoms with Gasteiger partial charge in [0.1, 0.15) is 5.60 Å². The van der Waals surface area contributed by atoms with E-state index >= 15 is 0 Å². The van der Waals surface area contributed by atoms with Gasteiger partial charge in [0.2, 0.25) is 5.91 Å². The summed E-state index contributed by atoms with van der Waals surface area (Å²) in [6.45, 7) is 6.32. The van der Waals surface area contributed by atoms with Gasteiger partial charge >= 0.3 is 6.09 Å². The lowest BCUT2D eigenvalue weighted by molar-refractivity contribution is -0.139. The summed E-state index contributed by atoms with van der Waals surface area (Å²) in [5, 5.41) is 6.80. The van der Waals surface area contributed by atoms with Gasteiger partial charge in [0.15, 0.2) is 0 Å². The second-order valence-corrected chi connectivity index (χ2v) is 11.2. The Bertz CT molecular complexity index is 1060. The predicted octanol–water partition coefficient (Wildman–Crippen LogP) is 5.83. The largest absolute Gasteiger partial charge is 0.444 e. The molecule has 2 aliphatic heterocycles. The second-order valence-electron chi connectivity index (χ2n) is 11.2. The van der Waals surface area contributed by atoms with Crippen molar-refractivity contribution in [2.24, 2.45) is 11.8 Å². The van der Waals surface area contributed by atoms with E-state index in [0.29, 0.717) is 5.92 Å². The molecule has 6 nitrogen and oxygen atoms in total. The quantitative estimate of drug-likeness (QED) is 0.586. The zero-order valence-corrected chi connectivity index (χ0v) is 21.0. The molecule has 0 bridgehead atoms. The highest BCUT2D eigenvalue weighted by molar-refractivity contribution is 5.82.